The van der Waals surface area contributed by atoms with E-state index in [4.69, 9.17) is 0 Å². The quantitative estimate of drug-likeness (QED) is 0.506. The number of hydrogen-bond donors (Lipinski definition) is 2. The van der Waals surface area contributed by atoms with E-state index in [1.165, 1.54) is 17.9 Å². The third kappa shape index (κ3) is 4.50. The molecular formula is C30H42N4O4. The number of ketones is 1. The molecule has 0 spiro atoms. The first-order valence-corrected chi connectivity index (χ1v) is 14.3. The lowest BCUT2D eigenvalue weighted by Gasteiger charge is -2.28. The Kier molecular flexibility index (Phi) is 6.59. The maximum Gasteiger partial charge on any atom is 0.277 e. The van der Waals surface area contributed by atoms with Crippen molar-refractivity contribution in [1.29, 1.82) is 0 Å². The Bertz CT molecular complexity index is 1310. The van der Waals surface area contributed by atoms with Crippen molar-refractivity contribution in [2.24, 2.45) is 16.9 Å². The van der Waals surface area contributed by atoms with Crippen molar-refractivity contribution in [2.45, 2.75) is 117 Å². The van der Waals surface area contributed by atoms with Gasteiger partial charge in [-0.1, -0.05) is 51.4 Å². The summed E-state index contributed by atoms with van der Waals surface area (Å²) in [7, 11) is 0. The first kappa shape index (κ1) is 26.7. The van der Waals surface area contributed by atoms with Crippen molar-refractivity contribution in [2.75, 3.05) is 0 Å². The number of nitrogens with one attached hydrogen (secondary N) is 1. The number of hydrazone groups is 1. The van der Waals surface area contributed by atoms with Crippen LogP contribution >= 0.6 is 0 Å². The van der Waals surface area contributed by atoms with Gasteiger partial charge in [0.05, 0.1) is 39.1 Å². The fourth-order valence-corrected chi connectivity index (χ4v) is 6.51. The van der Waals surface area contributed by atoms with Gasteiger partial charge in [-0.2, -0.15) is 5.10 Å². The monoisotopic (exact) mass is 522 g/mol. The van der Waals surface area contributed by atoms with Crippen LogP contribution in [0.4, 0.5) is 0 Å². The number of aliphatic hydroxyl groups is 1. The number of aromatic amines is 1. The highest BCUT2D eigenvalue weighted by Crippen LogP contribution is 2.43. The van der Waals surface area contributed by atoms with Crippen LogP contribution in [0, 0.1) is 11.8 Å². The van der Waals surface area contributed by atoms with E-state index in [9.17, 15) is 19.5 Å². The molecule has 3 aliphatic carbocycles. The van der Waals surface area contributed by atoms with E-state index in [-0.39, 0.29) is 39.5 Å². The molecule has 0 bridgehead atoms. The van der Waals surface area contributed by atoms with Crippen LogP contribution < -0.4 is 5.56 Å². The fraction of sp³-hybridized carbons (Fsp3) is 0.667. The van der Waals surface area contributed by atoms with Gasteiger partial charge in [-0.25, -0.2) is 9.69 Å². The molecule has 1 aromatic heterocycles. The van der Waals surface area contributed by atoms with Crippen molar-refractivity contribution in [3.63, 3.8) is 0 Å². The first-order valence-electron chi connectivity index (χ1n) is 14.3. The van der Waals surface area contributed by atoms with Gasteiger partial charge in [0.25, 0.3) is 11.5 Å². The molecule has 0 aromatic carbocycles. The zero-order chi connectivity index (χ0) is 27.6. The number of carbonyl (C=O) groups excluding carboxylic acids is 2. The molecular weight excluding hydrogens is 480 g/mol. The maximum absolute atomic E-state index is 13.8. The summed E-state index contributed by atoms with van der Waals surface area (Å²) in [4.78, 5) is 41.0. The zero-order valence-electron chi connectivity index (χ0n) is 23.7. The number of rotatable bonds is 5. The average Bonchev–Trinajstić information content (AvgIpc) is 3.61. The predicted octanol–water partition coefficient (Wildman–Crippen LogP) is 5.39. The molecule has 8 heteroatoms. The van der Waals surface area contributed by atoms with Crippen LogP contribution in [-0.2, 0) is 21.5 Å². The maximum atomic E-state index is 13.8. The molecule has 1 aromatic rings. The minimum absolute atomic E-state index is 0.0169. The van der Waals surface area contributed by atoms with Gasteiger partial charge in [0, 0.05) is 5.69 Å². The van der Waals surface area contributed by atoms with Gasteiger partial charge in [-0.05, 0) is 66.2 Å². The van der Waals surface area contributed by atoms with Gasteiger partial charge in [-0.3, -0.25) is 19.5 Å². The van der Waals surface area contributed by atoms with Crippen LogP contribution in [0.15, 0.2) is 26.8 Å². The molecule has 2 fully saturated rings. The summed E-state index contributed by atoms with van der Waals surface area (Å²) < 4.78 is 1.56. The van der Waals surface area contributed by atoms with Gasteiger partial charge < -0.3 is 5.11 Å². The number of aromatic nitrogens is 2. The van der Waals surface area contributed by atoms with Crippen molar-refractivity contribution in [3.8, 4) is 0 Å². The number of nitrogens with zero attached hydrogens (tertiary/aromatic N) is 3. The van der Waals surface area contributed by atoms with Gasteiger partial charge in [0.1, 0.15) is 5.76 Å². The highest BCUT2D eigenvalue weighted by Gasteiger charge is 2.47. The van der Waals surface area contributed by atoms with E-state index in [0.717, 1.165) is 38.5 Å². The first-order chi connectivity index (χ1) is 17.8. The van der Waals surface area contributed by atoms with Crippen LogP contribution in [0.3, 0.4) is 0 Å². The third-order valence-electron chi connectivity index (χ3n) is 8.54. The van der Waals surface area contributed by atoms with E-state index in [1.54, 1.807) is 4.68 Å². The summed E-state index contributed by atoms with van der Waals surface area (Å²) in [6.45, 7) is 11.5. The largest absolute Gasteiger partial charge is 0.506 e. The molecule has 0 radical (unpaired) electrons. The van der Waals surface area contributed by atoms with Gasteiger partial charge in [0.15, 0.2) is 0 Å². The summed E-state index contributed by atoms with van der Waals surface area (Å²) in [5.41, 5.74) is 0.412. The molecule has 2 N–H and O–H groups in total. The summed E-state index contributed by atoms with van der Waals surface area (Å²) in [6.07, 6.45) is 10.3. The molecule has 0 saturated heterocycles. The lowest BCUT2D eigenvalue weighted by atomic mass is 9.78. The number of aliphatic hydroxyl groups excluding tert-OH is 1. The van der Waals surface area contributed by atoms with Crippen molar-refractivity contribution >= 4 is 23.0 Å². The van der Waals surface area contributed by atoms with Crippen molar-refractivity contribution in [1.82, 2.24) is 14.8 Å². The Hall–Kier alpha value is -2.90. The number of H-pyrrole nitrogens is 1. The van der Waals surface area contributed by atoms with Gasteiger partial charge in [0.2, 0.25) is 5.78 Å². The third-order valence-corrected chi connectivity index (χ3v) is 8.54. The molecule has 0 unspecified atom stereocenters. The number of Topliss-reactive ketones (excluding diaryl/α,β-unsaturated/α-hetero) is 1. The van der Waals surface area contributed by atoms with Crippen LogP contribution in [0.2, 0.25) is 0 Å². The van der Waals surface area contributed by atoms with E-state index in [0.29, 0.717) is 36.1 Å². The Labute approximate surface area is 224 Å². The molecule has 206 valence electrons. The second-order valence-electron chi connectivity index (χ2n) is 13.6. The van der Waals surface area contributed by atoms with Crippen LogP contribution in [0.1, 0.15) is 111 Å². The van der Waals surface area contributed by atoms with Crippen LogP contribution in [0.25, 0.3) is 5.57 Å². The second-order valence-corrected chi connectivity index (χ2v) is 13.6. The molecule has 4 aliphatic rings. The normalized spacial score (nSPS) is 23.7. The highest BCUT2D eigenvalue weighted by molar-refractivity contribution is 6.44. The van der Waals surface area contributed by atoms with Crippen molar-refractivity contribution < 1.29 is 14.7 Å². The predicted molar refractivity (Wildman–Crippen MR) is 148 cm³/mol. The number of allylic oxidation sites excluding steroid dienone is 2. The number of carbonyl (C=O) groups is 2. The standard InChI is InChI=1S/C30H42N4O4/c1-29(2,3)33-27(37)21(19(31-33)15-17-11-7-8-12-17)23-25(35)24(26(23)36)22-20(16-18-13-9-10-14-18)32-34(28(22)38)30(4,5)6/h17-18,31,35H,7-16H2,1-6H3/b24-22+. The van der Waals surface area contributed by atoms with E-state index in [1.807, 2.05) is 41.5 Å². The smallest absolute Gasteiger partial charge is 0.277 e. The van der Waals surface area contributed by atoms with Crippen molar-refractivity contribution in [3.05, 3.63) is 38.5 Å². The van der Waals surface area contributed by atoms with Crippen LogP contribution in [-0.4, -0.2) is 42.8 Å². The molecule has 8 nitrogen and oxygen atoms in total. The highest BCUT2D eigenvalue weighted by atomic mass is 16.3. The minimum Gasteiger partial charge on any atom is -0.506 e. The average molecular weight is 523 g/mol. The fourth-order valence-electron chi connectivity index (χ4n) is 6.51. The van der Waals surface area contributed by atoms with E-state index < -0.39 is 16.9 Å². The second kappa shape index (κ2) is 9.38. The topological polar surface area (TPSA) is 108 Å². The minimum atomic E-state index is -0.565. The lowest BCUT2D eigenvalue weighted by Crippen LogP contribution is -2.40. The zero-order valence-corrected chi connectivity index (χ0v) is 23.7. The van der Waals surface area contributed by atoms with E-state index >= 15 is 0 Å². The number of amides is 1. The summed E-state index contributed by atoms with van der Waals surface area (Å²) in [6, 6.07) is 0. The van der Waals surface area contributed by atoms with Gasteiger partial charge >= 0.3 is 0 Å². The molecule has 1 amide bonds. The SMILES string of the molecule is CC(C)(C)N1N=C(CC2CCCC2)/C(=C2\C(=O)C(c3c(CC4CCCC4)[nH]n(C(C)(C)C)c3=O)=C2O)C1=O. The molecule has 0 atom stereocenters. The van der Waals surface area contributed by atoms with Gasteiger partial charge in [-0.15, -0.1) is 0 Å². The Balaban J connectivity index is 1.61. The summed E-state index contributed by atoms with van der Waals surface area (Å²) >= 11 is 0. The van der Waals surface area contributed by atoms with Crippen LogP contribution in [0.5, 0.6) is 0 Å². The number of hydrogen-bond acceptors (Lipinski definition) is 5. The summed E-state index contributed by atoms with van der Waals surface area (Å²) in [5, 5.41) is 20.8. The van der Waals surface area contributed by atoms with E-state index in [2.05, 4.69) is 10.2 Å². The summed E-state index contributed by atoms with van der Waals surface area (Å²) in [5.74, 6) is -0.187. The Morgan fingerprint density at radius 2 is 1.37 bits per heavy atom. The molecule has 2 saturated carbocycles. The molecule has 38 heavy (non-hydrogen) atoms. The Morgan fingerprint density at radius 1 is 0.816 bits per heavy atom. The molecule has 2 heterocycles. The molecule has 1 aliphatic heterocycles. The molecule has 5 rings (SSSR count). The lowest BCUT2D eigenvalue weighted by molar-refractivity contribution is -0.130. The Morgan fingerprint density at radius 3 is 1.87 bits per heavy atom.